The van der Waals surface area contributed by atoms with E-state index in [4.69, 9.17) is 14.6 Å². The Morgan fingerprint density at radius 1 is 1.67 bits per heavy atom. The van der Waals surface area contributed by atoms with Gasteiger partial charge in [0.05, 0.1) is 6.54 Å². The van der Waals surface area contributed by atoms with E-state index < -0.39 is 14.7 Å². The van der Waals surface area contributed by atoms with E-state index in [2.05, 4.69) is 5.73 Å². The molecule has 1 atom stereocenters. The quantitative estimate of drug-likeness (QED) is 0.325. The van der Waals surface area contributed by atoms with Crippen LogP contribution in [0.4, 0.5) is 0 Å². The monoisotopic (exact) mass is 163 g/mol. The van der Waals surface area contributed by atoms with E-state index in [0.717, 1.165) is 0 Å². The Morgan fingerprint density at radius 2 is 1.78 bits per heavy atom. The van der Waals surface area contributed by atoms with Gasteiger partial charge in [-0.2, -0.15) is 4.89 Å². The van der Waals surface area contributed by atoms with Gasteiger partial charge in [0.15, 0.2) is 0 Å². The number of carbonyl (C=O) groups is 1. The van der Waals surface area contributed by atoms with Crippen LogP contribution >= 0.6 is 8.69 Å². The third kappa shape index (κ3) is 57.7. The third-order valence-corrected chi connectivity index (χ3v) is 0.175. The first kappa shape index (κ1) is 16.2. The molecular weight excluding hydrogens is 156 g/mol. The van der Waals surface area contributed by atoms with Crippen LogP contribution in [0, 0.1) is 0 Å². The molecule has 0 spiro atoms. The smallest absolute Gasteiger partial charge is 0.480 e. The minimum atomic E-state index is -1.17. The molecule has 0 bridgehead atoms. The SMILES string of the molecule is NCC(=O)O.O=[PH+]O.[Na]. The maximum Gasteiger partial charge on any atom is 0.491 e. The molecule has 0 aliphatic heterocycles. The Kier molecular flexibility index (Phi) is 28.5. The molecule has 0 saturated carbocycles. The fourth-order valence-corrected chi connectivity index (χ4v) is 0. The molecule has 5 nitrogen and oxygen atoms in total. The summed E-state index contributed by atoms with van der Waals surface area (Å²) >= 11 is 0. The van der Waals surface area contributed by atoms with Crippen LogP contribution in [0.2, 0.25) is 0 Å². The fraction of sp³-hybridized carbons (Fsp3) is 0.500. The molecule has 0 aromatic carbocycles. The molecule has 0 aromatic rings. The van der Waals surface area contributed by atoms with Crippen molar-refractivity contribution in [2.75, 3.05) is 6.54 Å². The average Bonchev–Trinajstić information content (AvgIpc) is 1.69. The van der Waals surface area contributed by atoms with Crippen molar-refractivity contribution in [1.82, 2.24) is 0 Å². The first-order valence-corrected chi connectivity index (χ1v) is 2.47. The van der Waals surface area contributed by atoms with Crippen LogP contribution in [0.25, 0.3) is 0 Å². The Balaban J connectivity index is -0.0000000800. The van der Waals surface area contributed by atoms with E-state index in [1.165, 1.54) is 0 Å². The average molecular weight is 163 g/mol. The second-order valence-electron chi connectivity index (χ2n) is 0.689. The summed E-state index contributed by atoms with van der Waals surface area (Å²) in [6, 6.07) is 0. The predicted octanol–water partition coefficient (Wildman–Crippen LogP) is -1.43. The molecule has 0 aliphatic carbocycles. The summed E-state index contributed by atoms with van der Waals surface area (Å²) in [7, 11) is -1.17. The summed E-state index contributed by atoms with van der Waals surface area (Å²) in [6.45, 7) is -0.278. The van der Waals surface area contributed by atoms with Crippen molar-refractivity contribution in [2.45, 2.75) is 0 Å². The zero-order valence-corrected chi connectivity index (χ0v) is 8.00. The number of nitrogens with two attached hydrogens (primary N) is 1. The largest absolute Gasteiger partial charge is 0.491 e. The molecule has 1 radical (unpaired) electrons. The number of hydrogen-bond donors (Lipinski definition) is 3. The normalized spacial score (nSPS) is 6.44. The molecular formula is C2H7NNaO4P+. The third-order valence-electron chi connectivity index (χ3n) is 0.175. The van der Waals surface area contributed by atoms with Crippen molar-refractivity contribution in [2.24, 2.45) is 5.73 Å². The molecule has 4 N–H and O–H groups in total. The zero-order valence-electron chi connectivity index (χ0n) is 5.00. The molecule has 0 rings (SSSR count). The van der Waals surface area contributed by atoms with Crippen LogP contribution in [-0.4, -0.2) is 52.1 Å². The van der Waals surface area contributed by atoms with Gasteiger partial charge in [-0.1, -0.05) is 0 Å². The summed E-state index contributed by atoms with van der Waals surface area (Å²) in [4.78, 5) is 16.3. The number of carboxylic acids is 1. The molecule has 9 heavy (non-hydrogen) atoms. The molecule has 0 fully saturated rings. The van der Waals surface area contributed by atoms with Crippen molar-refractivity contribution in [3.05, 3.63) is 0 Å². The number of rotatable bonds is 1. The van der Waals surface area contributed by atoms with Crippen LogP contribution in [0.3, 0.4) is 0 Å². The topological polar surface area (TPSA) is 101 Å². The van der Waals surface area contributed by atoms with Gasteiger partial charge in [-0.05, 0) is 4.57 Å². The molecule has 7 heteroatoms. The molecule has 0 aromatic heterocycles. The number of carboxylic acid groups (broad SMARTS) is 1. The molecule has 0 saturated heterocycles. The molecule has 49 valence electrons. The van der Waals surface area contributed by atoms with Gasteiger partial charge in [-0.25, -0.2) is 0 Å². The standard InChI is InChI=1S/C2H5NO2.Na.HO2P/c3-1-2(4)5;;1-3-2/h1,3H2,(H,4,5);;3H/p+1. The minimum absolute atomic E-state index is 0. The minimum Gasteiger partial charge on any atom is -0.480 e. The van der Waals surface area contributed by atoms with Crippen LogP contribution in [-0.2, 0) is 9.36 Å². The molecule has 0 aliphatic rings. The Bertz CT molecular complexity index is 79.0. The number of hydrogen-bond acceptors (Lipinski definition) is 3. The van der Waals surface area contributed by atoms with Crippen LogP contribution < -0.4 is 5.73 Å². The van der Waals surface area contributed by atoms with E-state index in [1.54, 1.807) is 0 Å². The van der Waals surface area contributed by atoms with Gasteiger partial charge < -0.3 is 10.8 Å². The molecule has 0 amide bonds. The van der Waals surface area contributed by atoms with Gasteiger partial charge in [0.2, 0.25) is 0 Å². The summed E-state index contributed by atoms with van der Waals surface area (Å²) in [5.74, 6) is -0.968. The number of aliphatic carboxylic acids is 1. The van der Waals surface area contributed by atoms with Gasteiger partial charge >= 0.3 is 14.7 Å². The van der Waals surface area contributed by atoms with Crippen molar-refractivity contribution in [3.8, 4) is 0 Å². The summed E-state index contributed by atoms with van der Waals surface area (Å²) in [5, 5.41) is 7.60. The van der Waals surface area contributed by atoms with Crippen molar-refractivity contribution in [1.29, 1.82) is 0 Å². The summed E-state index contributed by atoms with van der Waals surface area (Å²) in [6.07, 6.45) is 0. The molecule has 1 unspecified atom stereocenters. The second kappa shape index (κ2) is 15.8. The second-order valence-corrected chi connectivity index (χ2v) is 0.872. The van der Waals surface area contributed by atoms with E-state index in [-0.39, 0.29) is 36.1 Å². The van der Waals surface area contributed by atoms with E-state index in [9.17, 15) is 4.79 Å². The van der Waals surface area contributed by atoms with Crippen molar-refractivity contribution >= 4 is 44.2 Å². The summed E-state index contributed by atoms with van der Waals surface area (Å²) in [5.41, 5.74) is 4.57. The van der Waals surface area contributed by atoms with Gasteiger partial charge in [0.25, 0.3) is 0 Å². The first-order valence-electron chi connectivity index (χ1n) is 1.62. The van der Waals surface area contributed by atoms with Crippen LogP contribution in [0.1, 0.15) is 0 Å². The van der Waals surface area contributed by atoms with Gasteiger partial charge in [-0.3, -0.25) is 4.79 Å². The van der Waals surface area contributed by atoms with Gasteiger partial charge in [0, 0.05) is 29.6 Å². The summed E-state index contributed by atoms with van der Waals surface area (Å²) < 4.78 is 8.51. The Hall–Kier alpha value is 0.490. The maximum absolute atomic E-state index is 9.24. The first-order chi connectivity index (χ1) is 3.68. The van der Waals surface area contributed by atoms with Crippen LogP contribution in [0.5, 0.6) is 0 Å². The van der Waals surface area contributed by atoms with Crippen molar-refractivity contribution < 1.29 is 19.4 Å². The molecule has 0 heterocycles. The van der Waals surface area contributed by atoms with E-state index >= 15 is 0 Å². The Morgan fingerprint density at radius 3 is 1.78 bits per heavy atom. The van der Waals surface area contributed by atoms with Gasteiger partial charge in [0.1, 0.15) is 0 Å². The Labute approximate surface area is 75.8 Å². The zero-order chi connectivity index (χ0) is 6.99. The van der Waals surface area contributed by atoms with Crippen LogP contribution in [0.15, 0.2) is 0 Å². The van der Waals surface area contributed by atoms with E-state index in [0.29, 0.717) is 0 Å². The van der Waals surface area contributed by atoms with E-state index in [1.807, 2.05) is 0 Å². The van der Waals surface area contributed by atoms with Gasteiger partial charge in [-0.15, -0.1) is 0 Å². The maximum atomic E-state index is 9.24. The predicted molar refractivity (Wildman–Crippen MR) is 33.7 cm³/mol. The van der Waals surface area contributed by atoms with Crippen molar-refractivity contribution in [3.63, 3.8) is 0 Å². The fourth-order valence-electron chi connectivity index (χ4n) is 0.